The maximum atomic E-state index is 12.1. The van der Waals surface area contributed by atoms with E-state index in [1.54, 1.807) is 38.1 Å². The average molecular weight is 335 g/mol. The predicted molar refractivity (Wildman–Crippen MR) is 90.2 cm³/mol. The van der Waals surface area contributed by atoms with Gasteiger partial charge in [0.2, 0.25) is 5.91 Å². The number of rotatable bonds is 10. The standard InChI is InChI=1S/C18H25NO5/c1-4-11-24-14-7-5-13(6-8-14)15(20)9-10-16(21)19-17(12(2)3)18(22)23/h5-8,12,17H,4,9-11H2,1-3H3,(H,19,21)(H,22,23)/t17-/m0/s1. The molecule has 0 saturated heterocycles. The molecule has 0 saturated carbocycles. The third-order valence-corrected chi connectivity index (χ3v) is 3.48. The zero-order valence-electron chi connectivity index (χ0n) is 14.4. The lowest BCUT2D eigenvalue weighted by Crippen LogP contribution is -2.44. The van der Waals surface area contributed by atoms with Crippen molar-refractivity contribution in [2.24, 2.45) is 5.92 Å². The fourth-order valence-electron chi connectivity index (χ4n) is 2.09. The van der Waals surface area contributed by atoms with E-state index >= 15 is 0 Å². The molecule has 0 aliphatic heterocycles. The van der Waals surface area contributed by atoms with E-state index in [0.29, 0.717) is 17.9 Å². The van der Waals surface area contributed by atoms with E-state index in [9.17, 15) is 14.4 Å². The highest BCUT2D eigenvalue weighted by atomic mass is 16.5. The molecule has 0 aromatic heterocycles. The summed E-state index contributed by atoms with van der Waals surface area (Å²) in [5.74, 6) is -1.20. The van der Waals surface area contributed by atoms with E-state index in [1.807, 2.05) is 6.92 Å². The number of ketones is 1. The van der Waals surface area contributed by atoms with Gasteiger partial charge in [-0.15, -0.1) is 0 Å². The second kappa shape index (κ2) is 9.70. The first-order valence-electron chi connectivity index (χ1n) is 8.13. The van der Waals surface area contributed by atoms with Gasteiger partial charge < -0.3 is 15.2 Å². The Hall–Kier alpha value is -2.37. The van der Waals surface area contributed by atoms with Crippen molar-refractivity contribution in [2.75, 3.05) is 6.61 Å². The van der Waals surface area contributed by atoms with Crippen LogP contribution in [0.5, 0.6) is 5.75 Å². The largest absolute Gasteiger partial charge is 0.494 e. The highest BCUT2D eigenvalue weighted by Crippen LogP contribution is 2.14. The first-order valence-corrected chi connectivity index (χ1v) is 8.13. The van der Waals surface area contributed by atoms with E-state index in [2.05, 4.69) is 5.32 Å². The van der Waals surface area contributed by atoms with Gasteiger partial charge in [0, 0.05) is 18.4 Å². The Morgan fingerprint density at radius 2 is 1.75 bits per heavy atom. The van der Waals surface area contributed by atoms with Crippen molar-refractivity contribution < 1.29 is 24.2 Å². The lowest BCUT2D eigenvalue weighted by Gasteiger charge is -2.17. The molecule has 6 heteroatoms. The molecule has 132 valence electrons. The monoisotopic (exact) mass is 335 g/mol. The van der Waals surface area contributed by atoms with Crippen LogP contribution in [0.15, 0.2) is 24.3 Å². The van der Waals surface area contributed by atoms with Gasteiger partial charge in [-0.05, 0) is 36.6 Å². The van der Waals surface area contributed by atoms with Gasteiger partial charge in [-0.2, -0.15) is 0 Å². The van der Waals surface area contributed by atoms with E-state index in [-0.39, 0.29) is 24.5 Å². The molecule has 0 unspecified atom stereocenters. The highest BCUT2D eigenvalue weighted by molar-refractivity contribution is 5.98. The number of carboxylic acids is 1. The zero-order valence-corrected chi connectivity index (χ0v) is 14.4. The number of nitrogens with one attached hydrogen (secondary N) is 1. The summed E-state index contributed by atoms with van der Waals surface area (Å²) in [4.78, 5) is 35.0. The summed E-state index contributed by atoms with van der Waals surface area (Å²) in [5.41, 5.74) is 0.505. The number of aliphatic carboxylic acids is 1. The molecule has 2 N–H and O–H groups in total. The maximum absolute atomic E-state index is 12.1. The Morgan fingerprint density at radius 3 is 2.25 bits per heavy atom. The number of hydrogen-bond acceptors (Lipinski definition) is 4. The number of carbonyl (C=O) groups is 3. The fourth-order valence-corrected chi connectivity index (χ4v) is 2.09. The molecular formula is C18H25NO5. The molecule has 1 amide bonds. The first-order chi connectivity index (χ1) is 11.3. The van der Waals surface area contributed by atoms with Gasteiger partial charge in [0.25, 0.3) is 0 Å². The number of carboxylic acid groups (broad SMARTS) is 1. The lowest BCUT2D eigenvalue weighted by molar-refractivity contribution is -0.143. The summed E-state index contributed by atoms with van der Waals surface area (Å²) in [6, 6.07) is 5.84. The van der Waals surface area contributed by atoms with Gasteiger partial charge >= 0.3 is 5.97 Å². The molecule has 0 bridgehead atoms. The molecule has 0 fully saturated rings. The normalized spacial score (nSPS) is 11.8. The second-order valence-electron chi connectivity index (χ2n) is 5.92. The molecule has 1 rings (SSSR count). The Bertz CT molecular complexity index is 565. The second-order valence-corrected chi connectivity index (χ2v) is 5.92. The SMILES string of the molecule is CCCOc1ccc(C(=O)CCC(=O)N[C@H](C(=O)O)C(C)C)cc1. The molecule has 1 aromatic carbocycles. The van der Waals surface area contributed by atoms with Crippen molar-refractivity contribution in [1.82, 2.24) is 5.32 Å². The summed E-state index contributed by atoms with van der Waals surface area (Å²) in [6.45, 7) is 6.06. The van der Waals surface area contributed by atoms with Crippen LogP contribution in [0.4, 0.5) is 0 Å². The van der Waals surface area contributed by atoms with Crippen molar-refractivity contribution in [3.05, 3.63) is 29.8 Å². The van der Waals surface area contributed by atoms with Crippen LogP contribution in [0.25, 0.3) is 0 Å². The number of amides is 1. The molecule has 0 spiro atoms. The van der Waals surface area contributed by atoms with Crippen molar-refractivity contribution in [3.8, 4) is 5.75 Å². The number of hydrogen-bond donors (Lipinski definition) is 2. The summed E-state index contributed by atoms with van der Waals surface area (Å²) >= 11 is 0. The molecule has 1 aromatic rings. The Balaban J connectivity index is 2.50. The highest BCUT2D eigenvalue weighted by Gasteiger charge is 2.23. The van der Waals surface area contributed by atoms with Gasteiger partial charge in [-0.1, -0.05) is 20.8 Å². The molecule has 24 heavy (non-hydrogen) atoms. The Labute approximate surface area is 142 Å². The van der Waals surface area contributed by atoms with Crippen LogP contribution in [0.3, 0.4) is 0 Å². The predicted octanol–water partition coefficient (Wildman–Crippen LogP) is 2.66. The minimum atomic E-state index is -1.08. The number of carbonyl (C=O) groups excluding carboxylic acids is 2. The van der Waals surface area contributed by atoms with Gasteiger partial charge in [0.05, 0.1) is 6.61 Å². The zero-order chi connectivity index (χ0) is 18.1. The van der Waals surface area contributed by atoms with Crippen LogP contribution < -0.4 is 10.1 Å². The molecule has 0 aliphatic carbocycles. The molecule has 0 aliphatic rings. The van der Waals surface area contributed by atoms with Gasteiger partial charge in [0.1, 0.15) is 11.8 Å². The average Bonchev–Trinajstić information content (AvgIpc) is 2.55. The van der Waals surface area contributed by atoms with E-state index in [4.69, 9.17) is 9.84 Å². The minimum Gasteiger partial charge on any atom is -0.494 e. The summed E-state index contributed by atoms with van der Waals surface area (Å²) in [7, 11) is 0. The molecule has 0 radical (unpaired) electrons. The van der Waals surface area contributed by atoms with Crippen LogP contribution >= 0.6 is 0 Å². The number of Topliss-reactive ketones (excluding diaryl/α,β-unsaturated/α-hetero) is 1. The molecule has 0 heterocycles. The lowest BCUT2D eigenvalue weighted by atomic mass is 10.0. The van der Waals surface area contributed by atoms with Gasteiger partial charge in [0.15, 0.2) is 5.78 Å². The topological polar surface area (TPSA) is 92.7 Å². The summed E-state index contributed by atoms with van der Waals surface area (Å²) in [5, 5.41) is 11.5. The van der Waals surface area contributed by atoms with Crippen LogP contribution in [-0.2, 0) is 9.59 Å². The smallest absolute Gasteiger partial charge is 0.326 e. The first kappa shape index (κ1) is 19.7. The van der Waals surface area contributed by atoms with Gasteiger partial charge in [-0.25, -0.2) is 4.79 Å². The quantitative estimate of drug-likeness (QED) is 0.641. The van der Waals surface area contributed by atoms with E-state index < -0.39 is 17.9 Å². The number of ether oxygens (including phenoxy) is 1. The summed E-state index contributed by atoms with van der Waals surface area (Å²) in [6.07, 6.45) is 0.901. The minimum absolute atomic E-state index is 0.0332. The van der Waals surface area contributed by atoms with Gasteiger partial charge in [-0.3, -0.25) is 9.59 Å². The third kappa shape index (κ3) is 6.40. The van der Waals surface area contributed by atoms with Crippen LogP contribution in [0.1, 0.15) is 50.4 Å². The van der Waals surface area contributed by atoms with Crippen molar-refractivity contribution in [2.45, 2.75) is 46.1 Å². The third-order valence-electron chi connectivity index (χ3n) is 3.48. The molecule has 6 nitrogen and oxygen atoms in total. The molecule has 1 atom stereocenters. The Morgan fingerprint density at radius 1 is 1.12 bits per heavy atom. The van der Waals surface area contributed by atoms with E-state index in [0.717, 1.165) is 6.42 Å². The fraction of sp³-hybridized carbons (Fsp3) is 0.500. The van der Waals surface area contributed by atoms with Crippen LogP contribution in [0, 0.1) is 5.92 Å². The van der Waals surface area contributed by atoms with Crippen molar-refractivity contribution in [3.63, 3.8) is 0 Å². The van der Waals surface area contributed by atoms with Crippen molar-refractivity contribution >= 4 is 17.7 Å². The molecular weight excluding hydrogens is 310 g/mol. The maximum Gasteiger partial charge on any atom is 0.326 e. The van der Waals surface area contributed by atoms with Crippen LogP contribution in [-0.4, -0.2) is 35.4 Å². The van der Waals surface area contributed by atoms with E-state index in [1.165, 1.54) is 0 Å². The Kier molecular flexibility index (Phi) is 7.95. The van der Waals surface area contributed by atoms with Crippen LogP contribution in [0.2, 0.25) is 0 Å². The number of benzene rings is 1. The van der Waals surface area contributed by atoms with Crippen molar-refractivity contribution in [1.29, 1.82) is 0 Å². The summed E-state index contributed by atoms with van der Waals surface area (Å²) < 4.78 is 5.45.